The van der Waals surface area contributed by atoms with Crippen LogP contribution in [0.1, 0.15) is 34.1 Å². The van der Waals surface area contributed by atoms with Gasteiger partial charge in [-0.05, 0) is 13.8 Å². The van der Waals surface area contributed by atoms with Gasteiger partial charge in [-0.15, -0.1) is 0 Å². The lowest BCUT2D eigenvalue weighted by Crippen LogP contribution is -2.32. The molecule has 0 bridgehead atoms. The van der Waals surface area contributed by atoms with E-state index in [0.29, 0.717) is 5.76 Å². The van der Waals surface area contributed by atoms with Crippen molar-refractivity contribution in [3.63, 3.8) is 0 Å². The summed E-state index contributed by atoms with van der Waals surface area (Å²) in [6, 6.07) is 0. The van der Waals surface area contributed by atoms with Crippen LogP contribution in [0.4, 0.5) is 0 Å². The Balaban J connectivity index is 2.62. The fourth-order valence-corrected chi connectivity index (χ4v) is 1.62. The molecule has 1 heterocycles. The van der Waals surface area contributed by atoms with E-state index < -0.39 is 17.7 Å². The van der Waals surface area contributed by atoms with Crippen molar-refractivity contribution in [2.24, 2.45) is 0 Å². The summed E-state index contributed by atoms with van der Waals surface area (Å²) in [6.45, 7) is 6.26. The third-order valence-electron chi connectivity index (χ3n) is 2.32. The Labute approximate surface area is 107 Å². The van der Waals surface area contributed by atoms with Crippen molar-refractivity contribution in [1.29, 1.82) is 0 Å². The minimum absolute atomic E-state index is 0.0381. The topological polar surface area (TPSA) is 88.4 Å². The van der Waals surface area contributed by atoms with E-state index in [1.807, 2.05) is 0 Å². The summed E-state index contributed by atoms with van der Waals surface area (Å²) < 4.78 is 15.9. The number of aliphatic hydroxyl groups excluding tert-OH is 2. The average molecular weight is 262 g/mol. The van der Waals surface area contributed by atoms with E-state index in [1.54, 1.807) is 13.8 Å². The molecule has 1 aliphatic rings. The summed E-state index contributed by atoms with van der Waals surface area (Å²) in [5, 5.41) is 28.5. The molecule has 6 nitrogen and oxygen atoms in total. The van der Waals surface area contributed by atoms with Crippen molar-refractivity contribution in [2.45, 2.75) is 51.8 Å². The molecule has 1 fully saturated rings. The van der Waals surface area contributed by atoms with Crippen molar-refractivity contribution in [2.75, 3.05) is 13.2 Å². The van der Waals surface area contributed by atoms with Crippen LogP contribution >= 0.6 is 0 Å². The fraction of sp³-hybridized carbons (Fsp3) is 0.833. The lowest BCUT2D eigenvalue weighted by molar-refractivity contribution is -0.213. The average Bonchev–Trinajstić information content (AvgIpc) is 2.55. The molecule has 1 rings (SSSR count). The van der Waals surface area contributed by atoms with E-state index in [2.05, 4.69) is 0 Å². The highest BCUT2D eigenvalue weighted by atomic mass is 16.7. The molecule has 18 heavy (non-hydrogen) atoms. The summed E-state index contributed by atoms with van der Waals surface area (Å²) >= 11 is 0. The van der Waals surface area contributed by atoms with Crippen LogP contribution in [0, 0.1) is 0 Å². The van der Waals surface area contributed by atoms with Gasteiger partial charge in [-0.2, -0.15) is 0 Å². The van der Waals surface area contributed by atoms with E-state index in [4.69, 9.17) is 19.3 Å². The molecule has 0 aromatic carbocycles. The maximum atomic E-state index is 9.88. The van der Waals surface area contributed by atoms with Crippen LogP contribution in [0.15, 0.2) is 11.5 Å². The Kier molecular flexibility index (Phi) is 4.61. The summed E-state index contributed by atoms with van der Waals surface area (Å²) in [5.41, 5.74) is 0. The predicted molar refractivity (Wildman–Crippen MR) is 63.6 cm³/mol. The molecular formula is C12H22O6. The van der Waals surface area contributed by atoms with Gasteiger partial charge in [-0.25, -0.2) is 0 Å². The number of rotatable bonds is 5. The Morgan fingerprint density at radius 2 is 2.11 bits per heavy atom. The minimum atomic E-state index is -1.37. The highest BCUT2D eigenvalue weighted by Gasteiger charge is 2.32. The molecule has 0 aliphatic carbocycles. The van der Waals surface area contributed by atoms with Crippen LogP contribution in [0.25, 0.3) is 0 Å². The van der Waals surface area contributed by atoms with Gasteiger partial charge in [0.2, 0.25) is 5.79 Å². The number of hydrogen-bond donors (Lipinski definition) is 3. The number of ether oxygens (including phenoxy) is 3. The molecule has 1 aliphatic heterocycles. The first-order valence-electron chi connectivity index (χ1n) is 5.88. The van der Waals surface area contributed by atoms with Crippen LogP contribution in [-0.4, -0.2) is 46.2 Å². The van der Waals surface area contributed by atoms with E-state index in [0.717, 1.165) is 0 Å². The first kappa shape index (κ1) is 15.2. The van der Waals surface area contributed by atoms with Crippen molar-refractivity contribution in [3.8, 4) is 0 Å². The minimum Gasteiger partial charge on any atom is -0.509 e. The second-order valence-corrected chi connectivity index (χ2v) is 5.23. The van der Waals surface area contributed by atoms with E-state index in [9.17, 15) is 10.2 Å². The van der Waals surface area contributed by atoms with Crippen molar-refractivity contribution in [1.82, 2.24) is 0 Å². The third kappa shape index (κ3) is 4.81. The normalized spacial score (nSPS) is 23.7. The molecular weight excluding hydrogens is 240 g/mol. The predicted octanol–water partition coefficient (Wildman–Crippen LogP) is 1.03. The maximum absolute atomic E-state index is 9.88. The van der Waals surface area contributed by atoms with Gasteiger partial charge in [0.1, 0.15) is 12.4 Å². The standard InChI is InChI=1S/C12H22O6/c1-11(2,15)17-8(6-13)5-9(14)10-7-16-12(3,4)18-10/h8,13-15H,5-7H2,1-4H3/b10-9-. The van der Waals surface area contributed by atoms with Crippen molar-refractivity contribution >= 4 is 0 Å². The van der Waals surface area contributed by atoms with Crippen LogP contribution in [0.5, 0.6) is 0 Å². The lowest BCUT2D eigenvalue weighted by atomic mass is 10.2. The molecule has 0 spiro atoms. The highest BCUT2D eigenvalue weighted by Crippen LogP contribution is 2.28. The van der Waals surface area contributed by atoms with Gasteiger partial charge in [0.15, 0.2) is 11.5 Å². The molecule has 0 saturated carbocycles. The van der Waals surface area contributed by atoms with E-state index in [1.165, 1.54) is 13.8 Å². The molecule has 1 saturated heterocycles. The lowest BCUT2D eigenvalue weighted by Gasteiger charge is -2.25. The number of aliphatic hydroxyl groups is 3. The summed E-state index contributed by atoms with van der Waals surface area (Å²) in [5.74, 6) is -1.83. The van der Waals surface area contributed by atoms with Gasteiger partial charge in [-0.3, -0.25) is 0 Å². The van der Waals surface area contributed by atoms with Gasteiger partial charge in [-0.1, -0.05) is 0 Å². The van der Waals surface area contributed by atoms with Gasteiger partial charge in [0.05, 0.1) is 12.7 Å². The SMILES string of the molecule is CC(C)(O)OC(CO)C/C(O)=C1\COC(C)(C)O1. The van der Waals surface area contributed by atoms with Gasteiger partial charge in [0.25, 0.3) is 0 Å². The Hall–Kier alpha value is -0.820. The second-order valence-electron chi connectivity index (χ2n) is 5.23. The zero-order valence-corrected chi connectivity index (χ0v) is 11.3. The zero-order valence-electron chi connectivity index (χ0n) is 11.3. The van der Waals surface area contributed by atoms with E-state index in [-0.39, 0.29) is 25.4 Å². The van der Waals surface area contributed by atoms with Crippen molar-refractivity contribution < 1.29 is 29.5 Å². The van der Waals surface area contributed by atoms with Crippen LogP contribution in [-0.2, 0) is 14.2 Å². The molecule has 0 amide bonds. The molecule has 0 aromatic rings. The smallest absolute Gasteiger partial charge is 0.205 e. The second kappa shape index (κ2) is 5.44. The van der Waals surface area contributed by atoms with Crippen molar-refractivity contribution in [3.05, 3.63) is 11.5 Å². The summed E-state index contributed by atoms with van der Waals surface area (Å²) in [6.07, 6.45) is -0.653. The highest BCUT2D eigenvalue weighted by molar-refractivity contribution is 5.05. The largest absolute Gasteiger partial charge is 0.509 e. The molecule has 1 unspecified atom stereocenters. The third-order valence-corrected chi connectivity index (χ3v) is 2.32. The van der Waals surface area contributed by atoms with Crippen LogP contribution in [0.2, 0.25) is 0 Å². The van der Waals surface area contributed by atoms with Gasteiger partial charge in [0, 0.05) is 20.3 Å². The molecule has 0 aromatic heterocycles. The molecule has 6 heteroatoms. The Morgan fingerprint density at radius 1 is 1.50 bits per heavy atom. The van der Waals surface area contributed by atoms with Crippen LogP contribution in [0.3, 0.4) is 0 Å². The summed E-state index contributed by atoms with van der Waals surface area (Å²) in [7, 11) is 0. The van der Waals surface area contributed by atoms with Gasteiger partial charge >= 0.3 is 0 Å². The van der Waals surface area contributed by atoms with E-state index >= 15 is 0 Å². The molecule has 0 radical (unpaired) electrons. The quantitative estimate of drug-likeness (QED) is 0.506. The molecule has 1 atom stereocenters. The Morgan fingerprint density at radius 3 is 2.50 bits per heavy atom. The van der Waals surface area contributed by atoms with Crippen LogP contribution < -0.4 is 0 Å². The first-order chi connectivity index (χ1) is 8.13. The fourth-order valence-electron chi connectivity index (χ4n) is 1.62. The molecule has 3 N–H and O–H groups in total. The first-order valence-corrected chi connectivity index (χ1v) is 5.88. The maximum Gasteiger partial charge on any atom is 0.205 e. The Bertz CT molecular complexity index is 315. The molecule has 106 valence electrons. The monoisotopic (exact) mass is 262 g/mol. The summed E-state index contributed by atoms with van der Waals surface area (Å²) in [4.78, 5) is 0. The number of hydrogen-bond acceptors (Lipinski definition) is 6. The van der Waals surface area contributed by atoms with Gasteiger partial charge < -0.3 is 29.5 Å². The zero-order chi connectivity index (χ0) is 14.0.